The Morgan fingerprint density at radius 3 is 1.93 bits per heavy atom. The number of hydrogen-bond acceptors (Lipinski definition) is 6. The molecule has 0 atom stereocenters. The molecule has 6 nitrogen and oxygen atoms in total. The van der Waals surface area contributed by atoms with Crippen LogP contribution in [0, 0.1) is 5.41 Å². The first-order valence-corrected chi connectivity index (χ1v) is 9.01. The van der Waals surface area contributed by atoms with Crippen LogP contribution < -0.4 is 9.47 Å². The van der Waals surface area contributed by atoms with Crippen LogP contribution in [-0.4, -0.2) is 31.9 Å². The summed E-state index contributed by atoms with van der Waals surface area (Å²) in [7, 11) is 3.08. The third-order valence-electron chi connectivity index (χ3n) is 4.76. The van der Waals surface area contributed by atoms with Crippen LogP contribution in [0.15, 0.2) is 48.5 Å². The number of carbonyl (C=O) groups is 2. The Kier molecular flexibility index (Phi) is 5.31. The van der Waals surface area contributed by atoms with Gasteiger partial charge in [0.15, 0.2) is 16.9 Å². The van der Waals surface area contributed by atoms with Crippen molar-refractivity contribution in [2.45, 2.75) is 32.5 Å². The zero-order valence-corrected chi connectivity index (χ0v) is 16.5. The number of cyclic esters (lactones) is 2. The van der Waals surface area contributed by atoms with E-state index >= 15 is 0 Å². The molecular formula is C22H24O6. The molecule has 1 fully saturated rings. The molecule has 6 heteroatoms. The van der Waals surface area contributed by atoms with Crippen LogP contribution in [0.4, 0.5) is 0 Å². The maximum atomic E-state index is 13.0. The molecular weight excluding hydrogens is 360 g/mol. The minimum Gasteiger partial charge on any atom is -0.493 e. The Morgan fingerprint density at radius 2 is 1.36 bits per heavy atom. The summed E-state index contributed by atoms with van der Waals surface area (Å²) in [5.41, 5.74) is 0.106. The minimum atomic E-state index is -1.48. The first kappa shape index (κ1) is 19.7. The van der Waals surface area contributed by atoms with Gasteiger partial charge in [0.05, 0.1) is 14.2 Å². The molecule has 0 spiro atoms. The molecule has 1 aliphatic heterocycles. The predicted octanol–water partition coefficient (Wildman–Crippen LogP) is 3.31. The van der Waals surface area contributed by atoms with Crippen molar-refractivity contribution >= 4 is 11.9 Å². The number of benzene rings is 2. The summed E-state index contributed by atoms with van der Waals surface area (Å²) in [6.07, 6.45) is 0.298. The van der Waals surface area contributed by atoms with Gasteiger partial charge in [0.1, 0.15) is 0 Å². The molecule has 3 rings (SSSR count). The fourth-order valence-corrected chi connectivity index (χ4v) is 3.38. The Hall–Kier alpha value is -3.02. The van der Waals surface area contributed by atoms with E-state index in [0.29, 0.717) is 11.5 Å². The van der Waals surface area contributed by atoms with Gasteiger partial charge < -0.3 is 18.9 Å². The second kappa shape index (κ2) is 7.54. The molecule has 0 bridgehead atoms. The lowest BCUT2D eigenvalue weighted by atomic mass is 9.75. The number of rotatable bonds is 6. The number of ether oxygens (including phenoxy) is 4. The zero-order chi connectivity index (χ0) is 20.4. The second-order valence-electron chi connectivity index (χ2n) is 7.29. The SMILES string of the molecule is COc1ccc(CC2(Cc3ccccc3)C(=O)OC(C)(C)OC2=O)cc1OC. The largest absolute Gasteiger partial charge is 0.493 e. The maximum absolute atomic E-state index is 13.0. The van der Waals surface area contributed by atoms with E-state index in [0.717, 1.165) is 11.1 Å². The van der Waals surface area contributed by atoms with E-state index in [1.807, 2.05) is 30.3 Å². The van der Waals surface area contributed by atoms with Crippen molar-refractivity contribution in [3.05, 3.63) is 59.7 Å². The van der Waals surface area contributed by atoms with Crippen LogP contribution in [0.2, 0.25) is 0 Å². The van der Waals surface area contributed by atoms with Crippen molar-refractivity contribution in [3.63, 3.8) is 0 Å². The fourth-order valence-electron chi connectivity index (χ4n) is 3.38. The summed E-state index contributed by atoms with van der Waals surface area (Å²) >= 11 is 0. The lowest BCUT2D eigenvalue weighted by Gasteiger charge is -2.40. The average Bonchev–Trinajstić information content (AvgIpc) is 2.66. The van der Waals surface area contributed by atoms with Gasteiger partial charge in [-0.05, 0) is 36.1 Å². The highest BCUT2D eigenvalue weighted by atomic mass is 16.7. The van der Waals surface area contributed by atoms with Gasteiger partial charge in [0, 0.05) is 13.8 Å². The van der Waals surface area contributed by atoms with Crippen molar-refractivity contribution in [1.29, 1.82) is 0 Å². The van der Waals surface area contributed by atoms with Gasteiger partial charge in [-0.3, -0.25) is 9.59 Å². The molecule has 0 radical (unpaired) electrons. The van der Waals surface area contributed by atoms with Gasteiger partial charge in [0.25, 0.3) is 5.79 Å². The van der Waals surface area contributed by atoms with Crippen LogP contribution >= 0.6 is 0 Å². The highest BCUT2D eigenvalue weighted by Gasteiger charge is 2.56. The molecule has 0 unspecified atom stereocenters. The van der Waals surface area contributed by atoms with Crippen LogP contribution in [0.3, 0.4) is 0 Å². The quantitative estimate of drug-likeness (QED) is 0.562. The summed E-state index contributed by atoms with van der Waals surface area (Å²) in [5, 5.41) is 0. The molecule has 0 amide bonds. The third kappa shape index (κ3) is 3.81. The molecule has 1 aliphatic rings. The third-order valence-corrected chi connectivity index (χ3v) is 4.76. The molecule has 1 saturated heterocycles. The summed E-state index contributed by atoms with van der Waals surface area (Å²) in [5.74, 6) is -1.38. The lowest BCUT2D eigenvalue weighted by Crippen LogP contribution is -2.56. The number of esters is 2. The van der Waals surface area contributed by atoms with Crippen LogP contribution in [-0.2, 0) is 31.9 Å². The number of hydrogen-bond donors (Lipinski definition) is 0. The van der Waals surface area contributed by atoms with E-state index in [1.54, 1.807) is 39.2 Å². The van der Waals surface area contributed by atoms with E-state index in [4.69, 9.17) is 18.9 Å². The number of methoxy groups -OCH3 is 2. The molecule has 0 saturated carbocycles. The van der Waals surface area contributed by atoms with Gasteiger partial charge in [-0.2, -0.15) is 0 Å². The average molecular weight is 384 g/mol. The highest BCUT2D eigenvalue weighted by Crippen LogP contribution is 2.39. The Labute approximate surface area is 164 Å². The summed E-state index contributed by atoms with van der Waals surface area (Å²) in [6, 6.07) is 14.7. The Morgan fingerprint density at radius 1 is 0.786 bits per heavy atom. The normalized spacial score (nSPS) is 17.4. The standard InChI is InChI=1S/C22H24O6/c1-21(2)27-19(23)22(20(24)28-21,13-15-8-6-5-7-9-15)14-16-10-11-17(25-3)18(12-16)26-4/h5-12H,13-14H2,1-4H3. The van der Waals surface area contributed by atoms with Crippen molar-refractivity contribution in [1.82, 2.24) is 0 Å². The van der Waals surface area contributed by atoms with Crippen LogP contribution in [0.1, 0.15) is 25.0 Å². The topological polar surface area (TPSA) is 71.1 Å². The molecule has 148 valence electrons. The number of carbonyl (C=O) groups excluding carboxylic acids is 2. The Bertz CT molecular complexity index is 852. The predicted molar refractivity (Wildman–Crippen MR) is 102 cm³/mol. The van der Waals surface area contributed by atoms with Crippen molar-refractivity contribution in [2.75, 3.05) is 14.2 Å². The first-order chi connectivity index (χ1) is 13.3. The van der Waals surface area contributed by atoms with Gasteiger partial charge >= 0.3 is 11.9 Å². The lowest BCUT2D eigenvalue weighted by molar-refractivity contribution is -0.251. The van der Waals surface area contributed by atoms with E-state index in [1.165, 1.54) is 7.11 Å². The van der Waals surface area contributed by atoms with Gasteiger partial charge in [-0.15, -0.1) is 0 Å². The molecule has 1 heterocycles. The van der Waals surface area contributed by atoms with E-state index in [2.05, 4.69) is 0 Å². The van der Waals surface area contributed by atoms with Crippen molar-refractivity contribution in [2.24, 2.45) is 5.41 Å². The van der Waals surface area contributed by atoms with Gasteiger partial charge in [0.2, 0.25) is 0 Å². The van der Waals surface area contributed by atoms with Crippen LogP contribution in [0.5, 0.6) is 11.5 Å². The fraction of sp³-hybridized carbons (Fsp3) is 0.364. The van der Waals surface area contributed by atoms with E-state index in [-0.39, 0.29) is 12.8 Å². The smallest absolute Gasteiger partial charge is 0.327 e. The van der Waals surface area contributed by atoms with E-state index < -0.39 is 23.1 Å². The second-order valence-corrected chi connectivity index (χ2v) is 7.29. The van der Waals surface area contributed by atoms with Gasteiger partial charge in [-0.25, -0.2) is 0 Å². The summed E-state index contributed by atoms with van der Waals surface area (Å²) in [6.45, 7) is 3.09. The minimum absolute atomic E-state index is 0.121. The zero-order valence-electron chi connectivity index (χ0n) is 16.5. The maximum Gasteiger partial charge on any atom is 0.327 e. The molecule has 2 aromatic rings. The highest BCUT2D eigenvalue weighted by molar-refractivity contribution is 6.02. The van der Waals surface area contributed by atoms with Crippen molar-refractivity contribution < 1.29 is 28.5 Å². The molecule has 0 aliphatic carbocycles. The monoisotopic (exact) mass is 384 g/mol. The summed E-state index contributed by atoms with van der Waals surface area (Å²) < 4.78 is 21.5. The molecule has 0 N–H and O–H groups in total. The molecule has 0 aromatic heterocycles. The van der Waals surface area contributed by atoms with Crippen molar-refractivity contribution in [3.8, 4) is 11.5 Å². The molecule has 2 aromatic carbocycles. The first-order valence-electron chi connectivity index (χ1n) is 9.01. The van der Waals surface area contributed by atoms with Gasteiger partial charge in [-0.1, -0.05) is 36.4 Å². The molecule has 28 heavy (non-hydrogen) atoms. The summed E-state index contributed by atoms with van der Waals surface area (Å²) in [4.78, 5) is 26.1. The van der Waals surface area contributed by atoms with Crippen LogP contribution in [0.25, 0.3) is 0 Å². The Balaban J connectivity index is 2.02. The van der Waals surface area contributed by atoms with E-state index in [9.17, 15) is 9.59 Å².